The Kier molecular flexibility index (Phi) is 14.1. The molecular formula is C86H52N10. The molecule has 17 rings (SSSR count). The van der Waals surface area contributed by atoms with Crippen LogP contribution >= 0.6 is 0 Å². The van der Waals surface area contributed by atoms with E-state index in [1.807, 2.05) is 170 Å². The van der Waals surface area contributed by atoms with Gasteiger partial charge in [0.25, 0.3) is 0 Å². The fourth-order valence-electron chi connectivity index (χ4n) is 13.6. The highest BCUT2D eigenvalue weighted by molar-refractivity contribution is 6.13. The number of nitrogens with zero attached hydrogens (tertiary/aromatic N) is 10. The number of rotatable bonds is 12. The lowest BCUT2D eigenvalue weighted by Gasteiger charge is -2.21. The van der Waals surface area contributed by atoms with E-state index in [1.54, 1.807) is 0 Å². The summed E-state index contributed by atoms with van der Waals surface area (Å²) in [5.41, 5.74) is 19.1. The summed E-state index contributed by atoms with van der Waals surface area (Å²) in [5, 5.41) is 24.8. The van der Waals surface area contributed by atoms with E-state index in [-0.39, 0.29) is 0 Å². The van der Waals surface area contributed by atoms with Crippen molar-refractivity contribution in [3.63, 3.8) is 0 Å². The van der Waals surface area contributed by atoms with E-state index >= 15 is 0 Å². The highest BCUT2D eigenvalue weighted by atomic mass is 15.1. The number of benzene rings is 13. The largest absolute Gasteiger partial charge is 0.309 e. The SMILES string of the molecule is N#Cc1ccccc1-c1ccc2c(c1)c1ccccc1n2-c1cccc(-c2nc(-c3ccccc3)nc(-c3ccccc3)n2)c1-c1cccc(-c2c(-c3nc(-c4ccccc4)nc(-c4ccccc4)n3)cccc2-n2c3ccccc3c3cc(-c4ccccc4C#N)ccc32)c1. The number of hydrogen-bond donors (Lipinski definition) is 0. The van der Waals surface area contributed by atoms with Crippen LogP contribution in [-0.2, 0) is 0 Å². The first-order valence-corrected chi connectivity index (χ1v) is 31.7. The Balaban J connectivity index is 0.964. The minimum absolute atomic E-state index is 0.497. The second-order valence-corrected chi connectivity index (χ2v) is 23.5. The van der Waals surface area contributed by atoms with E-state index in [0.29, 0.717) is 46.1 Å². The minimum Gasteiger partial charge on any atom is -0.309 e. The molecule has 0 aliphatic carbocycles. The molecule has 0 spiro atoms. The first-order valence-electron chi connectivity index (χ1n) is 31.7. The fraction of sp³-hybridized carbons (Fsp3) is 0. The molecule has 446 valence electrons. The molecule has 10 nitrogen and oxygen atoms in total. The van der Waals surface area contributed by atoms with Gasteiger partial charge in [-0.1, -0.05) is 249 Å². The predicted octanol–water partition coefficient (Wildman–Crippen LogP) is 20.7. The summed E-state index contributed by atoms with van der Waals surface area (Å²) in [7, 11) is 0. The molecule has 0 bridgehead atoms. The van der Waals surface area contributed by atoms with Crippen molar-refractivity contribution in [2.75, 3.05) is 0 Å². The molecule has 13 aromatic carbocycles. The first-order chi connectivity index (χ1) is 47.5. The molecule has 0 aliphatic rings. The molecule has 0 atom stereocenters. The van der Waals surface area contributed by atoms with Gasteiger partial charge in [0.05, 0.1) is 56.7 Å². The lowest BCUT2D eigenvalue weighted by Crippen LogP contribution is -2.05. The Hall–Kier alpha value is -13.5. The topological polar surface area (TPSA) is 135 Å². The Morgan fingerprint density at radius 1 is 0.219 bits per heavy atom. The Morgan fingerprint density at radius 2 is 0.521 bits per heavy atom. The van der Waals surface area contributed by atoms with Crippen LogP contribution in [0.1, 0.15) is 11.1 Å². The normalized spacial score (nSPS) is 11.3. The third-order valence-corrected chi connectivity index (χ3v) is 17.9. The van der Waals surface area contributed by atoms with Crippen molar-refractivity contribution >= 4 is 43.6 Å². The molecule has 0 radical (unpaired) electrons. The van der Waals surface area contributed by atoms with Gasteiger partial charge in [0.2, 0.25) is 0 Å². The molecule has 17 aromatic rings. The third-order valence-electron chi connectivity index (χ3n) is 17.9. The van der Waals surface area contributed by atoms with Crippen molar-refractivity contribution in [1.29, 1.82) is 10.5 Å². The average molecular weight is 1230 g/mol. The molecule has 10 heteroatoms. The van der Waals surface area contributed by atoms with Crippen LogP contribution < -0.4 is 0 Å². The average Bonchev–Trinajstić information content (AvgIpc) is 1.57. The number of para-hydroxylation sites is 2. The van der Waals surface area contributed by atoms with Crippen molar-refractivity contribution in [2.45, 2.75) is 0 Å². The summed E-state index contributed by atoms with van der Waals surface area (Å²) in [5.74, 6) is 3.16. The zero-order chi connectivity index (χ0) is 64.1. The van der Waals surface area contributed by atoms with E-state index in [9.17, 15) is 10.5 Å². The van der Waals surface area contributed by atoms with Gasteiger partial charge in [-0.25, -0.2) is 29.9 Å². The maximum Gasteiger partial charge on any atom is 0.164 e. The summed E-state index contributed by atoms with van der Waals surface area (Å²) in [4.78, 5) is 32.1. The van der Waals surface area contributed by atoms with E-state index in [0.717, 1.165) is 133 Å². The van der Waals surface area contributed by atoms with Crippen molar-refractivity contribution in [2.24, 2.45) is 0 Å². The van der Waals surface area contributed by atoms with Crippen molar-refractivity contribution < 1.29 is 0 Å². The summed E-state index contributed by atoms with van der Waals surface area (Å²) in [6.07, 6.45) is 0. The van der Waals surface area contributed by atoms with Crippen molar-refractivity contribution in [1.82, 2.24) is 39.0 Å². The van der Waals surface area contributed by atoms with Crippen molar-refractivity contribution in [3.05, 3.63) is 327 Å². The van der Waals surface area contributed by atoms with E-state index in [2.05, 4.69) is 167 Å². The monoisotopic (exact) mass is 1220 g/mol. The summed E-state index contributed by atoms with van der Waals surface area (Å²) < 4.78 is 4.71. The van der Waals surface area contributed by atoms with E-state index in [1.165, 1.54) is 0 Å². The van der Waals surface area contributed by atoms with Crippen LogP contribution in [0.2, 0.25) is 0 Å². The smallest absolute Gasteiger partial charge is 0.164 e. The second kappa shape index (κ2) is 23.9. The highest BCUT2D eigenvalue weighted by Gasteiger charge is 2.27. The molecule has 0 fully saturated rings. The van der Waals surface area contributed by atoms with Gasteiger partial charge in [-0.3, -0.25) is 0 Å². The molecule has 0 unspecified atom stereocenters. The van der Waals surface area contributed by atoms with E-state index < -0.39 is 0 Å². The van der Waals surface area contributed by atoms with E-state index in [4.69, 9.17) is 29.9 Å². The fourth-order valence-corrected chi connectivity index (χ4v) is 13.6. The molecular weight excluding hydrogens is 1170 g/mol. The van der Waals surface area contributed by atoms with Crippen LogP contribution in [0.15, 0.2) is 315 Å². The molecule has 0 aliphatic heterocycles. The molecule has 0 saturated heterocycles. The van der Waals surface area contributed by atoms with Crippen LogP contribution in [0.25, 0.3) is 168 Å². The zero-order valence-electron chi connectivity index (χ0n) is 51.5. The maximum atomic E-state index is 10.3. The summed E-state index contributed by atoms with van der Waals surface area (Å²) in [6.45, 7) is 0. The van der Waals surface area contributed by atoms with Gasteiger partial charge in [-0.2, -0.15) is 10.5 Å². The van der Waals surface area contributed by atoms with Gasteiger partial charge >= 0.3 is 0 Å². The molecule has 0 amide bonds. The Labute approximate surface area is 553 Å². The van der Waals surface area contributed by atoms with Gasteiger partial charge in [0, 0.05) is 66.1 Å². The Bertz CT molecular complexity index is 5500. The number of aromatic nitrogens is 8. The number of fused-ring (bicyclic) bond motifs is 6. The van der Waals surface area contributed by atoms with Gasteiger partial charge < -0.3 is 9.13 Å². The van der Waals surface area contributed by atoms with Gasteiger partial charge in [-0.05, 0) is 100 Å². The molecule has 0 saturated carbocycles. The number of nitriles is 2. The lowest BCUT2D eigenvalue weighted by atomic mass is 9.91. The standard InChI is InChI=1S/C86H52N10/c87-53-63-32-13-15-36-65(63)59-46-48-75-71(51-59)67-38-17-19-42-73(67)95(75)77-44-22-40-69(85-91-81(55-24-5-1-6-25-55)89-82(92-85)56-26-7-2-8-27-56)79(77)61-34-21-35-62(50-61)80-70(86-93-83(57-28-9-3-10-29-57)90-84(94-86)58-30-11-4-12-31-58)41-23-45-78(80)96-74-43-20-18-39-68(74)72-52-60(47-49-76(72)96)66-37-16-14-33-64(66)54-88/h1-52H. The lowest BCUT2D eigenvalue weighted by molar-refractivity contribution is 1.07. The molecule has 4 aromatic heterocycles. The van der Waals surface area contributed by atoms with Gasteiger partial charge in [0.15, 0.2) is 34.9 Å². The Morgan fingerprint density at radius 3 is 0.906 bits per heavy atom. The first kappa shape index (κ1) is 56.4. The molecule has 0 N–H and O–H groups in total. The molecule has 96 heavy (non-hydrogen) atoms. The summed E-state index contributed by atoms with van der Waals surface area (Å²) >= 11 is 0. The number of hydrogen-bond acceptors (Lipinski definition) is 8. The third kappa shape index (κ3) is 9.91. The van der Waals surface area contributed by atoms with Crippen LogP contribution in [0.3, 0.4) is 0 Å². The van der Waals surface area contributed by atoms with Crippen molar-refractivity contribution in [3.8, 4) is 136 Å². The second-order valence-electron chi connectivity index (χ2n) is 23.5. The molecule has 4 heterocycles. The van der Waals surface area contributed by atoms with Gasteiger partial charge in [0.1, 0.15) is 0 Å². The maximum absolute atomic E-state index is 10.3. The zero-order valence-corrected chi connectivity index (χ0v) is 51.5. The predicted molar refractivity (Wildman–Crippen MR) is 386 cm³/mol. The quantitative estimate of drug-likeness (QED) is 0.118. The van der Waals surface area contributed by atoms with Crippen LogP contribution in [0.5, 0.6) is 0 Å². The highest BCUT2D eigenvalue weighted by Crippen LogP contribution is 2.47. The minimum atomic E-state index is 0.497. The summed E-state index contributed by atoms with van der Waals surface area (Å²) in [6, 6.07) is 112. The van der Waals surface area contributed by atoms with Crippen LogP contribution in [0.4, 0.5) is 0 Å². The van der Waals surface area contributed by atoms with Gasteiger partial charge in [-0.15, -0.1) is 0 Å². The van der Waals surface area contributed by atoms with Crippen LogP contribution in [-0.4, -0.2) is 39.0 Å². The van der Waals surface area contributed by atoms with Crippen LogP contribution in [0, 0.1) is 22.7 Å².